The van der Waals surface area contributed by atoms with Crippen LogP contribution in [0.25, 0.3) is 0 Å². The van der Waals surface area contributed by atoms with Crippen molar-refractivity contribution in [3.05, 3.63) is 59.2 Å². The van der Waals surface area contributed by atoms with Gasteiger partial charge in [-0.25, -0.2) is 4.79 Å². The smallest absolute Gasteiger partial charge is 0.337 e. The van der Waals surface area contributed by atoms with Crippen molar-refractivity contribution < 1.29 is 9.90 Å². The number of rotatable bonds is 4. The summed E-state index contributed by atoms with van der Waals surface area (Å²) in [5.74, 6) is -0.925. The highest BCUT2D eigenvalue weighted by Crippen LogP contribution is 2.24. The molecule has 0 spiro atoms. The summed E-state index contributed by atoms with van der Waals surface area (Å²) in [6.07, 6.45) is 0.993. The average molecular weight is 255 g/mol. The summed E-state index contributed by atoms with van der Waals surface area (Å²) < 4.78 is 0. The molecule has 2 rings (SSSR count). The van der Waals surface area contributed by atoms with Gasteiger partial charge in [0.2, 0.25) is 0 Å². The molecular formula is C16H17NO2. The van der Waals surface area contributed by atoms with Crippen LogP contribution in [0.4, 0.5) is 11.4 Å². The van der Waals surface area contributed by atoms with Crippen LogP contribution in [0, 0.1) is 6.92 Å². The monoisotopic (exact) mass is 255 g/mol. The summed E-state index contributed by atoms with van der Waals surface area (Å²) in [5.41, 5.74) is 4.21. The lowest BCUT2D eigenvalue weighted by Gasteiger charge is -2.12. The Bertz CT molecular complexity index is 605. The highest BCUT2D eigenvalue weighted by Gasteiger charge is 2.09. The number of carboxylic acids is 1. The molecule has 3 heteroatoms. The van der Waals surface area contributed by atoms with Gasteiger partial charge >= 0.3 is 5.97 Å². The first kappa shape index (κ1) is 13.1. The Hall–Kier alpha value is -2.29. The van der Waals surface area contributed by atoms with Crippen LogP contribution in [0.3, 0.4) is 0 Å². The highest BCUT2D eigenvalue weighted by atomic mass is 16.4. The zero-order chi connectivity index (χ0) is 13.8. The molecule has 0 atom stereocenters. The Morgan fingerprint density at radius 2 is 1.89 bits per heavy atom. The van der Waals surface area contributed by atoms with E-state index in [1.165, 1.54) is 5.56 Å². The minimum Gasteiger partial charge on any atom is -0.478 e. The second-order valence-corrected chi connectivity index (χ2v) is 4.48. The lowest BCUT2D eigenvalue weighted by Crippen LogP contribution is -2.03. The van der Waals surface area contributed by atoms with Crippen molar-refractivity contribution in [3.63, 3.8) is 0 Å². The van der Waals surface area contributed by atoms with E-state index in [1.807, 2.05) is 19.1 Å². The van der Waals surface area contributed by atoms with Gasteiger partial charge in [0.25, 0.3) is 0 Å². The van der Waals surface area contributed by atoms with Gasteiger partial charge in [-0.1, -0.05) is 31.2 Å². The predicted molar refractivity (Wildman–Crippen MR) is 77.2 cm³/mol. The number of benzene rings is 2. The molecule has 2 aromatic carbocycles. The molecular weight excluding hydrogens is 238 g/mol. The third-order valence-corrected chi connectivity index (χ3v) is 3.13. The molecule has 3 nitrogen and oxygen atoms in total. The lowest BCUT2D eigenvalue weighted by atomic mass is 10.1. The van der Waals surface area contributed by atoms with E-state index in [0.717, 1.165) is 17.7 Å². The number of hydrogen-bond donors (Lipinski definition) is 2. The molecule has 0 saturated heterocycles. The maximum absolute atomic E-state index is 11.2. The highest BCUT2D eigenvalue weighted by molar-refractivity contribution is 5.95. The number of aryl methyl sites for hydroxylation is 2. The largest absolute Gasteiger partial charge is 0.478 e. The first-order valence-electron chi connectivity index (χ1n) is 6.30. The molecule has 0 unspecified atom stereocenters. The summed E-state index contributed by atoms with van der Waals surface area (Å²) in [5, 5.41) is 12.3. The van der Waals surface area contributed by atoms with Crippen LogP contribution >= 0.6 is 0 Å². The van der Waals surface area contributed by atoms with Crippen molar-refractivity contribution in [2.45, 2.75) is 20.3 Å². The number of carboxylic acid groups (broad SMARTS) is 1. The number of carbonyl (C=O) groups is 1. The van der Waals surface area contributed by atoms with Crippen molar-refractivity contribution in [2.24, 2.45) is 0 Å². The van der Waals surface area contributed by atoms with Crippen LogP contribution in [-0.4, -0.2) is 11.1 Å². The summed E-state index contributed by atoms with van der Waals surface area (Å²) in [7, 11) is 0. The molecule has 0 amide bonds. The van der Waals surface area contributed by atoms with E-state index in [9.17, 15) is 4.79 Å². The minimum absolute atomic E-state index is 0.279. The quantitative estimate of drug-likeness (QED) is 0.868. The van der Waals surface area contributed by atoms with Gasteiger partial charge < -0.3 is 10.4 Å². The second kappa shape index (κ2) is 5.57. The van der Waals surface area contributed by atoms with E-state index in [2.05, 4.69) is 24.4 Å². The van der Waals surface area contributed by atoms with Crippen LogP contribution in [0.15, 0.2) is 42.5 Å². The molecule has 0 aliphatic heterocycles. The fraction of sp³-hybridized carbons (Fsp3) is 0.188. The molecule has 0 radical (unpaired) electrons. The number of anilines is 2. The normalized spacial score (nSPS) is 10.2. The summed E-state index contributed by atoms with van der Waals surface area (Å²) in [4.78, 5) is 11.2. The zero-order valence-electron chi connectivity index (χ0n) is 11.1. The number of nitrogens with one attached hydrogen (secondary N) is 1. The van der Waals surface area contributed by atoms with Crippen LogP contribution in [0.1, 0.15) is 28.4 Å². The van der Waals surface area contributed by atoms with Crippen LogP contribution < -0.4 is 5.32 Å². The first-order chi connectivity index (χ1) is 9.11. The van der Waals surface area contributed by atoms with Crippen molar-refractivity contribution >= 4 is 17.3 Å². The molecule has 0 aliphatic carbocycles. The van der Waals surface area contributed by atoms with E-state index >= 15 is 0 Å². The molecule has 98 valence electrons. The summed E-state index contributed by atoms with van der Waals surface area (Å²) in [6.45, 7) is 4.13. The molecule has 0 aromatic heterocycles. The number of para-hydroxylation sites is 1. The van der Waals surface area contributed by atoms with Gasteiger partial charge in [0.1, 0.15) is 0 Å². The van der Waals surface area contributed by atoms with Gasteiger partial charge in [-0.2, -0.15) is 0 Å². The van der Waals surface area contributed by atoms with Crippen molar-refractivity contribution in [2.75, 3.05) is 5.32 Å². The Balaban J connectivity index is 2.34. The fourth-order valence-electron chi connectivity index (χ4n) is 2.01. The molecule has 0 fully saturated rings. The molecule has 0 bridgehead atoms. The maximum Gasteiger partial charge on any atom is 0.337 e. The lowest BCUT2D eigenvalue weighted by molar-refractivity contribution is 0.0698. The Kier molecular flexibility index (Phi) is 3.85. The Labute approximate surface area is 112 Å². The van der Waals surface area contributed by atoms with Crippen LogP contribution in [0.5, 0.6) is 0 Å². The van der Waals surface area contributed by atoms with E-state index in [-0.39, 0.29) is 5.56 Å². The SMILES string of the molecule is CCc1ccc(Nc2ccccc2C(=O)O)c(C)c1. The molecule has 0 heterocycles. The van der Waals surface area contributed by atoms with E-state index in [1.54, 1.807) is 18.2 Å². The van der Waals surface area contributed by atoms with Gasteiger partial charge in [0.05, 0.1) is 11.3 Å². The van der Waals surface area contributed by atoms with E-state index in [0.29, 0.717) is 5.69 Å². The minimum atomic E-state index is -0.925. The number of aromatic carboxylic acids is 1. The summed E-state index contributed by atoms with van der Waals surface area (Å²) in [6, 6.07) is 13.1. The van der Waals surface area contributed by atoms with Crippen molar-refractivity contribution in [1.82, 2.24) is 0 Å². The molecule has 19 heavy (non-hydrogen) atoms. The standard InChI is InChI=1S/C16H17NO2/c1-3-12-8-9-14(11(2)10-12)17-15-7-5-4-6-13(15)16(18)19/h4-10,17H,3H2,1-2H3,(H,18,19). The van der Waals surface area contributed by atoms with Crippen molar-refractivity contribution in [1.29, 1.82) is 0 Å². The fourth-order valence-corrected chi connectivity index (χ4v) is 2.01. The van der Waals surface area contributed by atoms with Gasteiger partial charge in [-0.3, -0.25) is 0 Å². The van der Waals surface area contributed by atoms with E-state index < -0.39 is 5.97 Å². The third kappa shape index (κ3) is 2.94. The van der Waals surface area contributed by atoms with Crippen molar-refractivity contribution in [3.8, 4) is 0 Å². The maximum atomic E-state index is 11.2. The Morgan fingerprint density at radius 1 is 1.16 bits per heavy atom. The topological polar surface area (TPSA) is 49.3 Å². The molecule has 2 N–H and O–H groups in total. The van der Waals surface area contributed by atoms with Gasteiger partial charge in [-0.05, 0) is 42.7 Å². The molecule has 0 aliphatic rings. The third-order valence-electron chi connectivity index (χ3n) is 3.13. The average Bonchev–Trinajstić information content (AvgIpc) is 2.41. The molecule has 0 saturated carbocycles. The van der Waals surface area contributed by atoms with Gasteiger partial charge in [0, 0.05) is 5.69 Å². The zero-order valence-corrected chi connectivity index (χ0v) is 11.1. The van der Waals surface area contributed by atoms with Gasteiger partial charge in [0.15, 0.2) is 0 Å². The van der Waals surface area contributed by atoms with Crippen LogP contribution in [0.2, 0.25) is 0 Å². The number of hydrogen-bond acceptors (Lipinski definition) is 2. The molecule has 2 aromatic rings. The van der Waals surface area contributed by atoms with Crippen LogP contribution in [-0.2, 0) is 6.42 Å². The first-order valence-corrected chi connectivity index (χ1v) is 6.30. The van der Waals surface area contributed by atoms with Gasteiger partial charge in [-0.15, -0.1) is 0 Å². The Morgan fingerprint density at radius 3 is 2.53 bits per heavy atom. The summed E-state index contributed by atoms with van der Waals surface area (Å²) >= 11 is 0. The second-order valence-electron chi connectivity index (χ2n) is 4.48. The van der Waals surface area contributed by atoms with E-state index in [4.69, 9.17) is 5.11 Å². The predicted octanol–water partition coefficient (Wildman–Crippen LogP) is 4.00.